The van der Waals surface area contributed by atoms with Gasteiger partial charge >= 0.3 is 12.4 Å². The van der Waals surface area contributed by atoms with Gasteiger partial charge in [-0.1, -0.05) is 26.0 Å². The standard InChI is InChI=1S/C36H45F6N3O9/c1-18-6-8-24-22(27(36(40,41)42)47-28-33(24)23(18)10-11-31(4,49-28)51-53-33)17-46-16-20-14-43-44-45(20)15-21-25-9-7-19(2)30(3)12-13-32(5)50-29(34(25,30)54-52-32)48-26(21)35(37,38)39/h14,18-19,23-25,28-29H,6-13,15-17H2,1-5H3/t18-,19-,23+,24+,25+,28-,29-,30+,31-,32-,33-,34-/m1/s1. The third-order valence-electron chi connectivity index (χ3n) is 14.2. The van der Waals surface area contributed by atoms with Gasteiger partial charge in [-0.05, 0) is 64.2 Å². The van der Waals surface area contributed by atoms with Gasteiger partial charge in [0.25, 0.3) is 0 Å². The summed E-state index contributed by atoms with van der Waals surface area (Å²) in [5.41, 5.74) is -3.37. The molecule has 9 heterocycles. The van der Waals surface area contributed by atoms with Gasteiger partial charge in [-0.15, -0.1) is 5.10 Å². The molecular formula is C36H45F6N3O9. The summed E-state index contributed by atoms with van der Waals surface area (Å²) in [5.74, 6) is -6.60. The van der Waals surface area contributed by atoms with Crippen molar-refractivity contribution in [3.63, 3.8) is 0 Å². The molecule has 11 rings (SSSR count). The van der Waals surface area contributed by atoms with Crippen LogP contribution in [0.3, 0.4) is 0 Å². The Kier molecular flexibility index (Phi) is 8.26. The molecule has 1 aromatic heterocycles. The Morgan fingerprint density at radius 3 is 2.19 bits per heavy atom. The molecular weight excluding hydrogens is 732 g/mol. The van der Waals surface area contributed by atoms with Crippen molar-refractivity contribution in [2.24, 2.45) is 35.0 Å². The molecule has 0 amide bonds. The van der Waals surface area contributed by atoms with Gasteiger partial charge in [0.05, 0.1) is 31.6 Å². The van der Waals surface area contributed by atoms with Crippen LogP contribution >= 0.6 is 0 Å². The number of aromatic nitrogens is 3. The molecule has 8 aliphatic heterocycles. The molecule has 1 aromatic rings. The number of ether oxygens (including phenoxy) is 5. The second-order valence-corrected chi connectivity index (χ2v) is 17.2. The van der Waals surface area contributed by atoms with E-state index < -0.39 is 89.6 Å². The fraction of sp³-hybridized carbons (Fsp3) is 0.833. The van der Waals surface area contributed by atoms with Crippen molar-refractivity contribution in [1.29, 1.82) is 0 Å². The Morgan fingerprint density at radius 2 is 1.43 bits per heavy atom. The van der Waals surface area contributed by atoms with E-state index in [1.165, 1.54) is 10.9 Å². The molecule has 2 aliphatic carbocycles. The van der Waals surface area contributed by atoms with Gasteiger partial charge in [0, 0.05) is 47.2 Å². The Bertz CT molecular complexity index is 1750. The Labute approximate surface area is 307 Å². The number of allylic oxidation sites excluding steroid dienone is 2. The number of hydrogen-bond donors (Lipinski definition) is 0. The molecule has 0 aromatic carbocycles. The van der Waals surface area contributed by atoms with E-state index in [4.69, 9.17) is 43.2 Å². The van der Waals surface area contributed by atoms with Crippen molar-refractivity contribution in [3.05, 3.63) is 34.6 Å². The highest BCUT2D eigenvalue weighted by Gasteiger charge is 2.75. The van der Waals surface area contributed by atoms with Gasteiger partial charge in [-0.25, -0.2) is 24.2 Å². The van der Waals surface area contributed by atoms with E-state index in [2.05, 4.69) is 17.2 Å². The van der Waals surface area contributed by atoms with Crippen molar-refractivity contribution in [1.82, 2.24) is 15.0 Å². The van der Waals surface area contributed by atoms with Gasteiger partial charge in [0.15, 0.2) is 11.2 Å². The average molecular weight is 778 g/mol. The van der Waals surface area contributed by atoms with E-state index in [-0.39, 0.29) is 41.2 Å². The first-order chi connectivity index (χ1) is 25.3. The zero-order valence-electron chi connectivity index (χ0n) is 30.7. The summed E-state index contributed by atoms with van der Waals surface area (Å²) in [4.78, 5) is 23.8. The molecule has 12 atom stereocenters. The maximum Gasteiger partial charge on any atom is 0.449 e. The first-order valence-corrected chi connectivity index (χ1v) is 18.8. The van der Waals surface area contributed by atoms with Crippen LogP contribution < -0.4 is 0 Å². The molecule has 10 aliphatic rings. The number of hydrogen-bond acceptors (Lipinski definition) is 11. The Hall–Kier alpha value is -2.48. The van der Waals surface area contributed by atoms with Gasteiger partial charge in [-0.3, -0.25) is 0 Å². The molecule has 4 bridgehead atoms. The van der Waals surface area contributed by atoms with Crippen molar-refractivity contribution < 1.29 is 69.6 Å². The lowest BCUT2D eigenvalue weighted by Crippen LogP contribution is -2.71. The lowest BCUT2D eigenvalue weighted by atomic mass is 9.51. The maximum atomic E-state index is 14.9. The summed E-state index contributed by atoms with van der Waals surface area (Å²) >= 11 is 0. The van der Waals surface area contributed by atoms with Crippen LogP contribution in [-0.2, 0) is 56.4 Å². The maximum absolute atomic E-state index is 14.9. The molecule has 2 spiro atoms. The highest BCUT2D eigenvalue weighted by molar-refractivity contribution is 5.31. The SMILES string of the molecule is C[C@@H]1CC[C@H]2C(COCc3cnnn3CC3=C(C(F)(F)F)O[C@@H]4O[C@@]5(C)CC[C@@]6(C)[C@H](C)CC[C@@H]3[C@@]46OO5)=C(C(F)(F)F)O[C@@H]3O[C@@]4(C)CC[C@@H]1[C@]32OO4. The van der Waals surface area contributed by atoms with Crippen molar-refractivity contribution in [2.75, 3.05) is 6.61 Å². The largest absolute Gasteiger partial charge is 0.456 e. The average Bonchev–Trinajstić information content (AvgIpc) is 3.29. The van der Waals surface area contributed by atoms with E-state index in [1.54, 1.807) is 13.8 Å². The molecule has 0 N–H and O–H groups in total. The number of alkyl halides is 6. The summed E-state index contributed by atoms with van der Waals surface area (Å²) < 4.78 is 120. The van der Waals surface area contributed by atoms with Crippen molar-refractivity contribution in [3.8, 4) is 0 Å². The summed E-state index contributed by atoms with van der Waals surface area (Å²) in [6.07, 6.45) is -7.20. The predicted octanol–water partition coefficient (Wildman–Crippen LogP) is 7.31. The third kappa shape index (κ3) is 5.21. The summed E-state index contributed by atoms with van der Waals surface area (Å²) in [5, 5.41) is 8.04. The van der Waals surface area contributed by atoms with Gasteiger partial charge in [0.1, 0.15) is 0 Å². The number of rotatable bonds is 6. The van der Waals surface area contributed by atoms with Crippen LogP contribution in [0.4, 0.5) is 26.3 Å². The van der Waals surface area contributed by atoms with Crippen molar-refractivity contribution >= 4 is 0 Å². The fourth-order valence-corrected chi connectivity index (χ4v) is 11.0. The van der Waals surface area contributed by atoms with Crippen LogP contribution in [-0.4, -0.2) is 69.3 Å². The Balaban J connectivity index is 1.02. The van der Waals surface area contributed by atoms with Crippen LogP contribution in [0.25, 0.3) is 0 Å². The Morgan fingerprint density at radius 1 is 0.759 bits per heavy atom. The quantitative estimate of drug-likeness (QED) is 0.214. The van der Waals surface area contributed by atoms with Crippen LogP contribution in [0.2, 0.25) is 0 Å². The normalized spacial score (nSPS) is 45.6. The highest BCUT2D eigenvalue weighted by atomic mass is 19.4. The van der Waals surface area contributed by atoms with Gasteiger partial charge < -0.3 is 23.7 Å². The molecule has 8 fully saturated rings. The zero-order valence-corrected chi connectivity index (χ0v) is 30.7. The highest BCUT2D eigenvalue weighted by Crippen LogP contribution is 2.67. The van der Waals surface area contributed by atoms with Crippen LogP contribution in [0, 0.1) is 35.0 Å². The van der Waals surface area contributed by atoms with Crippen LogP contribution in [0.15, 0.2) is 28.9 Å². The smallest absolute Gasteiger partial charge is 0.449 e. The van der Waals surface area contributed by atoms with Gasteiger partial charge in [-0.2, -0.15) is 26.3 Å². The number of fused-ring (bicyclic) bond motifs is 4. The second-order valence-electron chi connectivity index (χ2n) is 17.2. The van der Waals surface area contributed by atoms with E-state index in [1.807, 2.05) is 13.8 Å². The first-order valence-electron chi connectivity index (χ1n) is 18.8. The molecule has 0 radical (unpaired) electrons. The predicted molar refractivity (Wildman–Crippen MR) is 168 cm³/mol. The number of halogens is 6. The zero-order chi connectivity index (χ0) is 38.3. The number of nitrogens with zero attached hydrogens (tertiary/aromatic N) is 3. The minimum atomic E-state index is -4.89. The topological polar surface area (TPSA) is 114 Å². The summed E-state index contributed by atoms with van der Waals surface area (Å²) in [7, 11) is 0. The molecule has 0 unspecified atom stereocenters. The summed E-state index contributed by atoms with van der Waals surface area (Å²) in [6, 6.07) is 0. The minimum Gasteiger partial charge on any atom is -0.456 e. The summed E-state index contributed by atoms with van der Waals surface area (Å²) in [6.45, 7) is 8.13. The first kappa shape index (κ1) is 37.1. The fourth-order valence-electron chi connectivity index (χ4n) is 11.0. The lowest BCUT2D eigenvalue weighted by molar-refractivity contribution is -0.564. The monoisotopic (exact) mass is 777 g/mol. The molecule has 12 nitrogen and oxygen atoms in total. The van der Waals surface area contributed by atoms with E-state index in [0.29, 0.717) is 51.4 Å². The molecule has 18 heteroatoms. The van der Waals surface area contributed by atoms with Gasteiger partial charge in [0.2, 0.25) is 35.7 Å². The minimum absolute atomic E-state index is 0.0493. The van der Waals surface area contributed by atoms with Crippen LogP contribution in [0.5, 0.6) is 0 Å². The van der Waals surface area contributed by atoms with Crippen LogP contribution in [0.1, 0.15) is 91.7 Å². The third-order valence-corrected chi connectivity index (χ3v) is 14.2. The van der Waals surface area contributed by atoms with E-state index in [0.717, 1.165) is 0 Å². The van der Waals surface area contributed by atoms with Crippen molar-refractivity contribution in [2.45, 2.75) is 147 Å². The van der Waals surface area contributed by atoms with E-state index in [9.17, 15) is 26.3 Å². The molecule has 300 valence electrons. The molecule has 6 saturated heterocycles. The van der Waals surface area contributed by atoms with E-state index >= 15 is 0 Å². The molecule has 54 heavy (non-hydrogen) atoms. The second kappa shape index (κ2) is 12.0. The molecule has 2 saturated carbocycles. The lowest BCUT2D eigenvalue weighted by Gasteiger charge is -2.61.